The Hall–Kier alpha value is -1.59. The first-order chi connectivity index (χ1) is 12.6. The minimum atomic E-state index is -0.315. The van der Waals surface area contributed by atoms with Crippen molar-refractivity contribution in [3.63, 3.8) is 0 Å². The van der Waals surface area contributed by atoms with Crippen LogP contribution < -0.4 is 5.32 Å². The zero-order valence-corrected chi connectivity index (χ0v) is 15.8. The number of nitrogens with one attached hydrogen (secondary N) is 1. The number of fused-ring (bicyclic) bond motifs is 1. The van der Waals surface area contributed by atoms with Crippen molar-refractivity contribution < 1.29 is 9.59 Å². The maximum absolute atomic E-state index is 13.3. The summed E-state index contributed by atoms with van der Waals surface area (Å²) in [6.07, 6.45) is 5.29. The summed E-state index contributed by atoms with van der Waals surface area (Å²) in [5.74, 6) is 0.560. The average Bonchev–Trinajstić information content (AvgIpc) is 3.07. The van der Waals surface area contributed by atoms with Crippen LogP contribution in [0.25, 0.3) is 0 Å². The van der Waals surface area contributed by atoms with Gasteiger partial charge >= 0.3 is 0 Å². The van der Waals surface area contributed by atoms with Crippen LogP contribution in [0.2, 0.25) is 5.02 Å². The molecule has 0 spiro atoms. The molecule has 1 N–H and O–H groups in total. The van der Waals surface area contributed by atoms with E-state index >= 15 is 0 Å². The first kappa shape index (κ1) is 17.8. The van der Waals surface area contributed by atoms with Crippen molar-refractivity contribution in [2.24, 2.45) is 5.92 Å². The molecule has 2 aliphatic heterocycles. The van der Waals surface area contributed by atoms with E-state index in [1.165, 1.54) is 6.42 Å². The van der Waals surface area contributed by atoms with E-state index in [2.05, 4.69) is 5.32 Å². The molecule has 2 saturated heterocycles. The monoisotopic (exact) mass is 375 g/mol. The summed E-state index contributed by atoms with van der Waals surface area (Å²) in [6, 6.07) is 6.92. The Morgan fingerprint density at radius 2 is 1.73 bits per heavy atom. The smallest absolute Gasteiger partial charge is 0.254 e. The molecule has 0 aromatic heterocycles. The molecule has 2 amide bonds. The Labute approximate surface area is 159 Å². The van der Waals surface area contributed by atoms with Crippen LogP contribution in [-0.2, 0) is 4.79 Å². The van der Waals surface area contributed by atoms with Crippen molar-refractivity contribution in [1.82, 2.24) is 15.1 Å². The van der Waals surface area contributed by atoms with Crippen LogP contribution in [0, 0.1) is 5.92 Å². The van der Waals surface area contributed by atoms with Gasteiger partial charge in [0.1, 0.15) is 6.04 Å². The summed E-state index contributed by atoms with van der Waals surface area (Å²) in [6.45, 7) is 3.12. The number of halogens is 1. The van der Waals surface area contributed by atoms with E-state index in [9.17, 15) is 9.59 Å². The minimum absolute atomic E-state index is 0.0236. The molecule has 3 unspecified atom stereocenters. The maximum atomic E-state index is 13.3. The number of likely N-dealkylation sites (tertiary alicyclic amines) is 1. The number of carbonyl (C=O) groups excluding carboxylic acids is 2. The Morgan fingerprint density at radius 1 is 1.04 bits per heavy atom. The van der Waals surface area contributed by atoms with Crippen molar-refractivity contribution in [3.05, 3.63) is 34.9 Å². The Morgan fingerprint density at radius 3 is 2.46 bits per heavy atom. The van der Waals surface area contributed by atoms with Gasteiger partial charge in [-0.2, -0.15) is 0 Å². The zero-order chi connectivity index (χ0) is 18.1. The highest BCUT2D eigenvalue weighted by molar-refractivity contribution is 6.30. The van der Waals surface area contributed by atoms with E-state index in [0.717, 1.165) is 51.9 Å². The van der Waals surface area contributed by atoms with E-state index in [4.69, 9.17) is 11.6 Å². The molecule has 0 bridgehead atoms. The van der Waals surface area contributed by atoms with Gasteiger partial charge < -0.3 is 15.1 Å². The fourth-order valence-corrected chi connectivity index (χ4v) is 4.94. The lowest BCUT2D eigenvalue weighted by molar-refractivity contribution is -0.136. The molecule has 1 saturated carbocycles. The number of hydrogen-bond acceptors (Lipinski definition) is 3. The molecule has 3 atom stereocenters. The van der Waals surface area contributed by atoms with E-state index in [-0.39, 0.29) is 23.9 Å². The lowest BCUT2D eigenvalue weighted by Gasteiger charge is -2.36. The SMILES string of the molecule is O=C(C1CC2CCCCC2N1C(=O)c1ccc(Cl)cc1)N1CCNCC1. The molecular formula is C20H26ClN3O2. The summed E-state index contributed by atoms with van der Waals surface area (Å²) < 4.78 is 0. The topological polar surface area (TPSA) is 52.7 Å². The third-order valence-corrected chi connectivity index (χ3v) is 6.38. The van der Waals surface area contributed by atoms with Gasteiger partial charge in [0.25, 0.3) is 5.91 Å². The van der Waals surface area contributed by atoms with Crippen LogP contribution in [0.4, 0.5) is 0 Å². The fourth-order valence-electron chi connectivity index (χ4n) is 4.81. The van der Waals surface area contributed by atoms with Crippen molar-refractivity contribution in [1.29, 1.82) is 0 Å². The predicted molar refractivity (Wildman–Crippen MR) is 101 cm³/mol. The molecule has 1 aromatic rings. The number of hydrogen-bond donors (Lipinski definition) is 1. The number of nitrogens with zero attached hydrogens (tertiary/aromatic N) is 2. The predicted octanol–water partition coefficient (Wildman–Crippen LogP) is 2.55. The lowest BCUT2D eigenvalue weighted by Crippen LogP contribution is -2.54. The van der Waals surface area contributed by atoms with Crippen molar-refractivity contribution in [2.75, 3.05) is 26.2 Å². The van der Waals surface area contributed by atoms with Gasteiger partial charge in [0.15, 0.2) is 0 Å². The van der Waals surface area contributed by atoms with Crippen LogP contribution in [-0.4, -0.2) is 59.9 Å². The lowest BCUT2D eigenvalue weighted by atomic mass is 9.84. The summed E-state index contributed by atoms with van der Waals surface area (Å²) in [5, 5.41) is 3.91. The molecule has 1 aromatic carbocycles. The largest absolute Gasteiger partial charge is 0.338 e. The minimum Gasteiger partial charge on any atom is -0.338 e. The third-order valence-electron chi connectivity index (χ3n) is 6.13. The molecule has 3 aliphatic rings. The molecule has 2 heterocycles. The molecule has 6 heteroatoms. The average molecular weight is 376 g/mol. The second-order valence-electron chi connectivity index (χ2n) is 7.66. The van der Waals surface area contributed by atoms with Gasteiger partial charge in [0, 0.05) is 42.8 Å². The quantitative estimate of drug-likeness (QED) is 0.864. The number of carbonyl (C=O) groups is 2. The fraction of sp³-hybridized carbons (Fsp3) is 0.600. The number of piperazine rings is 1. The summed E-state index contributed by atoms with van der Waals surface area (Å²) >= 11 is 5.98. The van der Waals surface area contributed by atoms with Crippen molar-refractivity contribution >= 4 is 23.4 Å². The molecule has 4 rings (SSSR count). The molecule has 5 nitrogen and oxygen atoms in total. The van der Waals surface area contributed by atoms with E-state index in [1.807, 2.05) is 9.80 Å². The van der Waals surface area contributed by atoms with E-state index in [1.54, 1.807) is 24.3 Å². The number of benzene rings is 1. The Bertz CT molecular complexity index is 672. The van der Waals surface area contributed by atoms with Gasteiger partial charge in [-0.05, 0) is 49.4 Å². The van der Waals surface area contributed by atoms with Gasteiger partial charge in [0.05, 0.1) is 0 Å². The molecule has 0 radical (unpaired) electrons. The van der Waals surface area contributed by atoms with Gasteiger partial charge in [0.2, 0.25) is 5.91 Å². The first-order valence-electron chi connectivity index (χ1n) is 9.73. The molecule has 1 aliphatic carbocycles. The van der Waals surface area contributed by atoms with Crippen molar-refractivity contribution in [2.45, 2.75) is 44.2 Å². The standard InChI is InChI=1S/C20H26ClN3O2/c21-16-7-5-14(6-8-16)19(25)24-17-4-2-1-3-15(17)13-18(24)20(26)23-11-9-22-10-12-23/h5-8,15,17-18,22H,1-4,9-13H2. The molecule has 140 valence electrons. The van der Waals surface area contributed by atoms with Gasteiger partial charge in [-0.25, -0.2) is 0 Å². The molecule has 3 fully saturated rings. The third kappa shape index (κ3) is 3.35. The van der Waals surface area contributed by atoms with Crippen LogP contribution in [0.5, 0.6) is 0 Å². The normalized spacial score (nSPS) is 28.7. The second-order valence-corrected chi connectivity index (χ2v) is 8.09. The van der Waals surface area contributed by atoms with Crippen LogP contribution in [0.3, 0.4) is 0 Å². The highest BCUT2D eigenvalue weighted by Crippen LogP contribution is 2.41. The van der Waals surface area contributed by atoms with Crippen LogP contribution in [0.1, 0.15) is 42.5 Å². The highest BCUT2D eigenvalue weighted by atomic mass is 35.5. The summed E-state index contributed by atoms with van der Waals surface area (Å²) in [7, 11) is 0. The van der Waals surface area contributed by atoms with E-state index in [0.29, 0.717) is 16.5 Å². The first-order valence-corrected chi connectivity index (χ1v) is 10.1. The number of rotatable bonds is 2. The maximum Gasteiger partial charge on any atom is 0.254 e. The summed E-state index contributed by atoms with van der Waals surface area (Å²) in [4.78, 5) is 30.4. The van der Waals surface area contributed by atoms with Gasteiger partial charge in [-0.1, -0.05) is 24.4 Å². The van der Waals surface area contributed by atoms with Crippen LogP contribution in [0.15, 0.2) is 24.3 Å². The highest BCUT2D eigenvalue weighted by Gasteiger charge is 2.48. The van der Waals surface area contributed by atoms with Crippen LogP contribution >= 0.6 is 11.6 Å². The zero-order valence-electron chi connectivity index (χ0n) is 15.0. The summed E-state index contributed by atoms with van der Waals surface area (Å²) in [5.41, 5.74) is 0.624. The van der Waals surface area contributed by atoms with Crippen molar-refractivity contribution in [3.8, 4) is 0 Å². The van der Waals surface area contributed by atoms with Gasteiger partial charge in [-0.3, -0.25) is 9.59 Å². The number of amides is 2. The Balaban J connectivity index is 1.61. The molecule has 26 heavy (non-hydrogen) atoms. The van der Waals surface area contributed by atoms with Gasteiger partial charge in [-0.15, -0.1) is 0 Å². The second kappa shape index (κ2) is 7.57. The Kier molecular flexibility index (Phi) is 5.18. The molecular weight excluding hydrogens is 350 g/mol. The van der Waals surface area contributed by atoms with E-state index < -0.39 is 0 Å².